The summed E-state index contributed by atoms with van der Waals surface area (Å²) in [7, 11) is 1.37. The second kappa shape index (κ2) is 5.51. The van der Waals surface area contributed by atoms with E-state index < -0.39 is 5.92 Å². The monoisotopic (exact) mass is 250 g/mol. The minimum Gasteiger partial charge on any atom is -0.469 e. The first kappa shape index (κ1) is 13.1. The molecule has 0 N–H and O–H groups in total. The van der Waals surface area contributed by atoms with E-state index >= 15 is 0 Å². The standard InChI is InChI=1S/C15H19FO2/c1-10-7-8-12(13(16)9-10)14(15(17)18-2)11-5-3-4-6-11/h7-9,11,14H,3-6H2,1-2H3. The molecule has 3 heteroatoms. The maximum Gasteiger partial charge on any atom is 0.313 e. The van der Waals surface area contributed by atoms with Gasteiger partial charge in [-0.2, -0.15) is 0 Å². The number of esters is 1. The molecule has 0 spiro atoms. The van der Waals surface area contributed by atoms with Gasteiger partial charge >= 0.3 is 5.97 Å². The lowest BCUT2D eigenvalue weighted by Crippen LogP contribution is -2.22. The van der Waals surface area contributed by atoms with Gasteiger partial charge in [0.2, 0.25) is 0 Å². The second-order valence-electron chi connectivity index (χ2n) is 5.07. The molecule has 1 aliphatic rings. The third-order valence-corrected chi connectivity index (χ3v) is 3.82. The van der Waals surface area contributed by atoms with Crippen LogP contribution in [0.2, 0.25) is 0 Å². The number of halogens is 1. The van der Waals surface area contributed by atoms with E-state index in [1.165, 1.54) is 13.2 Å². The van der Waals surface area contributed by atoms with Gasteiger partial charge in [0.15, 0.2) is 0 Å². The van der Waals surface area contributed by atoms with Crippen molar-refractivity contribution < 1.29 is 13.9 Å². The lowest BCUT2D eigenvalue weighted by atomic mass is 9.84. The van der Waals surface area contributed by atoms with Crippen molar-refractivity contribution in [3.8, 4) is 0 Å². The number of benzene rings is 1. The van der Waals surface area contributed by atoms with Crippen molar-refractivity contribution in [1.29, 1.82) is 0 Å². The highest BCUT2D eigenvalue weighted by Crippen LogP contribution is 2.39. The highest BCUT2D eigenvalue weighted by Gasteiger charge is 2.34. The van der Waals surface area contributed by atoms with Gasteiger partial charge in [0.25, 0.3) is 0 Å². The maximum absolute atomic E-state index is 14.0. The number of hydrogen-bond acceptors (Lipinski definition) is 2. The summed E-state index contributed by atoms with van der Waals surface area (Å²) in [5.74, 6) is -0.838. The summed E-state index contributed by atoms with van der Waals surface area (Å²) in [5, 5.41) is 0. The molecule has 1 aliphatic carbocycles. The molecule has 0 bridgehead atoms. The van der Waals surface area contributed by atoms with Gasteiger partial charge in [-0.05, 0) is 37.3 Å². The molecule has 0 amide bonds. The summed E-state index contributed by atoms with van der Waals surface area (Å²) >= 11 is 0. The van der Waals surface area contributed by atoms with Crippen LogP contribution in [0, 0.1) is 18.7 Å². The molecule has 1 aromatic carbocycles. The Kier molecular flexibility index (Phi) is 4.00. The van der Waals surface area contributed by atoms with E-state index in [0.29, 0.717) is 5.56 Å². The predicted molar refractivity (Wildman–Crippen MR) is 67.9 cm³/mol. The Hall–Kier alpha value is -1.38. The van der Waals surface area contributed by atoms with Crippen LogP contribution < -0.4 is 0 Å². The number of carbonyl (C=O) groups is 1. The molecule has 0 aromatic heterocycles. The van der Waals surface area contributed by atoms with E-state index in [1.807, 2.05) is 13.0 Å². The fourth-order valence-electron chi connectivity index (χ4n) is 2.88. The van der Waals surface area contributed by atoms with Gasteiger partial charge in [-0.3, -0.25) is 4.79 Å². The van der Waals surface area contributed by atoms with E-state index in [2.05, 4.69) is 0 Å². The van der Waals surface area contributed by atoms with Crippen LogP contribution in [0.15, 0.2) is 18.2 Å². The third-order valence-electron chi connectivity index (χ3n) is 3.82. The number of carbonyl (C=O) groups excluding carboxylic acids is 1. The van der Waals surface area contributed by atoms with Crippen LogP contribution in [-0.4, -0.2) is 13.1 Å². The van der Waals surface area contributed by atoms with Gasteiger partial charge in [0, 0.05) is 5.56 Å². The van der Waals surface area contributed by atoms with Crippen molar-refractivity contribution in [2.75, 3.05) is 7.11 Å². The Morgan fingerprint density at radius 3 is 2.61 bits per heavy atom. The summed E-state index contributed by atoms with van der Waals surface area (Å²) in [5.41, 5.74) is 1.35. The minimum atomic E-state index is -0.446. The molecule has 0 heterocycles. The Morgan fingerprint density at radius 1 is 1.39 bits per heavy atom. The summed E-state index contributed by atoms with van der Waals surface area (Å²) in [6, 6.07) is 5.06. The zero-order valence-electron chi connectivity index (χ0n) is 10.9. The minimum absolute atomic E-state index is 0.217. The summed E-state index contributed by atoms with van der Waals surface area (Å²) in [6.07, 6.45) is 4.19. The van der Waals surface area contributed by atoms with Gasteiger partial charge < -0.3 is 4.74 Å². The molecule has 1 aromatic rings. The van der Waals surface area contributed by atoms with Crippen molar-refractivity contribution in [3.05, 3.63) is 35.1 Å². The quantitative estimate of drug-likeness (QED) is 0.766. The normalized spacial score (nSPS) is 17.7. The Balaban J connectivity index is 2.35. The van der Waals surface area contributed by atoms with E-state index in [-0.39, 0.29) is 17.7 Å². The number of methoxy groups -OCH3 is 1. The molecule has 18 heavy (non-hydrogen) atoms. The molecule has 2 rings (SSSR count). The van der Waals surface area contributed by atoms with Crippen LogP contribution in [0.4, 0.5) is 4.39 Å². The summed E-state index contributed by atoms with van der Waals surface area (Å²) in [4.78, 5) is 11.9. The molecular weight excluding hydrogens is 231 g/mol. The van der Waals surface area contributed by atoms with Crippen molar-refractivity contribution in [2.24, 2.45) is 5.92 Å². The maximum atomic E-state index is 14.0. The molecule has 1 fully saturated rings. The Morgan fingerprint density at radius 2 is 2.06 bits per heavy atom. The summed E-state index contributed by atoms with van der Waals surface area (Å²) in [6.45, 7) is 1.84. The zero-order valence-corrected chi connectivity index (χ0v) is 10.9. The fraction of sp³-hybridized carbons (Fsp3) is 0.533. The lowest BCUT2D eigenvalue weighted by Gasteiger charge is -2.22. The van der Waals surface area contributed by atoms with Gasteiger partial charge in [-0.15, -0.1) is 0 Å². The average molecular weight is 250 g/mol. The SMILES string of the molecule is COC(=O)C(c1ccc(C)cc1F)C1CCCC1. The van der Waals surface area contributed by atoms with Crippen LogP contribution in [0.3, 0.4) is 0 Å². The number of rotatable bonds is 3. The van der Waals surface area contributed by atoms with Crippen molar-refractivity contribution in [3.63, 3.8) is 0 Å². The van der Waals surface area contributed by atoms with E-state index in [0.717, 1.165) is 31.2 Å². The zero-order chi connectivity index (χ0) is 13.1. The van der Waals surface area contributed by atoms with Gasteiger partial charge in [0.05, 0.1) is 13.0 Å². The second-order valence-corrected chi connectivity index (χ2v) is 5.07. The number of hydrogen-bond donors (Lipinski definition) is 0. The van der Waals surface area contributed by atoms with Gasteiger partial charge in [0.1, 0.15) is 5.82 Å². The molecule has 1 unspecified atom stereocenters. The molecule has 98 valence electrons. The van der Waals surface area contributed by atoms with Crippen molar-refractivity contribution in [1.82, 2.24) is 0 Å². The third kappa shape index (κ3) is 2.55. The van der Waals surface area contributed by atoms with E-state index in [1.54, 1.807) is 6.07 Å². The molecular formula is C15H19FO2. The fourth-order valence-corrected chi connectivity index (χ4v) is 2.88. The molecule has 0 saturated heterocycles. The Labute approximate surface area is 107 Å². The molecule has 0 radical (unpaired) electrons. The molecule has 2 nitrogen and oxygen atoms in total. The van der Waals surface area contributed by atoms with E-state index in [9.17, 15) is 9.18 Å². The molecule has 1 atom stereocenters. The predicted octanol–water partition coefficient (Wildman–Crippen LogP) is 3.58. The smallest absolute Gasteiger partial charge is 0.313 e. The van der Waals surface area contributed by atoms with Gasteiger partial charge in [-0.1, -0.05) is 25.0 Å². The first-order valence-electron chi connectivity index (χ1n) is 6.47. The van der Waals surface area contributed by atoms with Crippen molar-refractivity contribution in [2.45, 2.75) is 38.5 Å². The van der Waals surface area contributed by atoms with Crippen LogP contribution in [0.25, 0.3) is 0 Å². The number of ether oxygens (including phenoxy) is 1. The highest BCUT2D eigenvalue weighted by molar-refractivity contribution is 5.78. The number of aryl methyl sites for hydroxylation is 1. The van der Waals surface area contributed by atoms with Crippen LogP contribution >= 0.6 is 0 Å². The largest absolute Gasteiger partial charge is 0.469 e. The van der Waals surface area contributed by atoms with Gasteiger partial charge in [-0.25, -0.2) is 4.39 Å². The summed E-state index contributed by atoms with van der Waals surface area (Å²) < 4.78 is 18.9. The molecule has 1 saturated carbocycles. The lowest BCUT2D eigenvalue weighted by molar-refractivity contribution is -0.143. The topological polar surface area (TPSA) is 26.3 Å². The average Bonchev–Trinajstić information content (AvgIpc) is 2.85. The van der Waals surface area contributed by atoms with Crippen LogP contribution in [0.1, 0.15) is 42.7 Å². The first-order valence-corrected chi connectivity index (χ1v) is 6.47. The highest BCUT2D eigenvalue weighted by atomic mass is 19.1. The van der Waals surface area contributed by atoms with Crippen LogP contribution in [-0.2, 0) is 9.53 Å². The Bertz CT molecular complexity index is 436. The first-order chi connectivity index (χ1) is 8.63. The van der Waals surface area contributed by atoms with Crippen LogP contribution in [0.5, 0.6) is 0 Å². The van der Waals surface area contributed by atoms with E-state index in [4.69, 9.17) is 4.74 Å². The van der Waals surface area contributed by atoms with Crippen molar-refractivity contribution >= 4 is 5.97 Å². The molecule has 0 aliphatic heterocycles.